The number of aromatic nitrogens is 1. The van der Waals surface area contributed by atoms with Crippen LogP contribution < -0.4 is 5.32 Å². The van der Waals surface area contributed by atoms with E-state index in [2.05, 4.69) is 34.6 Å². The van der Waals surface area contributed by atoms with Gasteiger partial charge in [-0.1, -0.05) is 48.5 Å². The van der Waals surface area contributed by atoms with Crippen LogP contribution in [0.5, 0.6) is 0 Å². The van der Waals surface area contributed by atoms with Crippen molar-refractivity contribution in [3.05, 3.63) is 75.7 Å². The summed E-state index contributed by atoms with van der Waals surface area (Å²) < 4.78 is 5.54. The number of fused-ring (bicyclic) bond motifs is 3. The van der Waals surface area contributed by atoms with Crippen molar-refractivity contribution in [1.29, 1.82) is 0 Å². The van der Waals surface area contributed by atoms with E-state index in [1.54, 1.807) is 10.3 Å². The molecule has 35 heavy (non-hydrogen) atoms. The minimum absolute atomic E-state index is 0.0172. The molecule has 2 aromatic carbocycles. The molecule has 0 radical (unpaired) electrons. The van der Waals surface area contributed by atoms with Crippen LogP contribution >= 0.6 is 11.3 Å². The number of alkyl carbamates (subject to hydrolysis) is 1. The van der Waals surface area contributed by atoms with Gasteiger partial charge in [-0.2, -0.15) is 0 Å². The lowest BCUT2D eigenvalue weighted by atomic mass is 9.98. The maximum atomic E-state index is 12.8. The number of nitrogens with one attached hydrogen (secondary N) is 1. The number of nitrogens with zero attached hydrogens (tertiary/aromatic N) is 2. The predicted octanol–water partition coefficient (Wildman–Crippen LogP) is 4.26. The molecule has 0 atom stereocenters. The number of benzene rings is 2. The van der Waals surface area contributed by atoms with E-state index in [4.69, 9.17) is 9.84 Å². The highest BCUT2D eigenvalue weighted by Crippen LogP contribution is 2.44. The molecule has 0 unspecified atom stereocenters. The summed E-state index contributed by atoms with van der Waals surface area (Å²) >= 11 is 1.27. The van der Waals surface area contributed by atoms with E-state index in [0.717, 1.165) is 24.0 Å². The van der Waals surface area contributed by atoms with Crippen LogP contribution in [-0.4, -0.2) is 52.2 Å². The van der Waals surface area contributed by atoms with Crippen molar-refractivity contribution in [1.82, 2.24) is 15.2 Å². The van der Waals surface area contributed by atoms with Crippen LogP contribution in [0.15, 0.2) is 53.9 Å². The third-order valence-electron chi connectivity index (χ3n) is 6.31. The molecule has 0 bridgehead atoms. The fraction of sp³-hybridized carbons (Fsp3) is 0.308. The Labute approximate surface area is 206 Å². The Kier molecular flexibility index (Phi) is 6.50. The van der Waals surface area contributed by atoms with Gasteiger partial charge in [0.1, 0.15) is 17.3 Å². The number of carbonyl (C=O) groups excluding carboxylic acids is 2. The summed E-state index contributed by atoms with van der Waals surface area (Å²) in [5.41, 5.74) is 4.90. The molecule has 0 aliphatic heterocycles. The van der Waals surface area contributed by atoms with E-state index in [1.165, 1.54) is 22.5 Å². The zero-order valence-electron chi connectivity index (χ0n) is 19.0. The predicted molar refractivity (Wildman–Crippen MR) is 130 cm³/mol. The second kappa shape index (κ2) is 9.87. The molecule has 1 saturated carbocycles. The van der Waals surface area contributed by atoms with Crippen LogP contribution in [-0.2, 0) is 16.1 Å². The van der Waals surface area contributed by atoms with Gasteiger partial charge in [0, 0.05) is 23.9 Å². The molecule has 1 heterocycles. The summed E-state index contributed by atoms with van der Waals surface area (Å²) in [7, 11) is 0. The van der Waals surface area contributed by atoms with Gasteiger partial charge in [0.2, 0.25) is 0 Å². The number of thiazole rings is 1. The molecule has 9 heteroatoms. The van der Waals surface area contributed by atoms with Gasteiger partial charge < -0.3 is 20.1 Å². The van der Waals surface area contributed by atoms with Gasteiger partial charge in [0.25, 0.3) is 5.91 Å². The molecule has 2 amide bonds. The first-order valence-corrected chi connectivity index (χ1v) is 12.4. The van der Waals surface area contributed by atoms with Gasteiger partial charge in [-0.15, -0.1) is 11.3 Å². The smallest absolute Gasteiger partial charge is 0.407 e. The van der Waals surface area contributed by atoms with Crippen LogP contribution in [0.25, 0.3) is 11.1 Å². The largest absolute Gasteiger partial charge is 0.481 e. The molecular weight excluding hydrogens is 466 g/mol. The number of amides is 2. The number of hydrogen-bond donors (Lipinski definition) is 2. The summed E-state index contributed by atoms with van der Waals surface area (Å²) in [5.74, 6) is -1.22. The van der Waals surface area contributed by atoms with Crippen LogP contribution in [0.3, 0.4) is 0 Å². The maximum Gasteiger partial charge on any atom is 0.407 e. The fourth-order valence-corrected chi connectivity index (χ4v) is 5.19. The van der Waals surface area contributed by atoms with Gasteiger partial charge in [0.05, 0.1) is 13.0 Å². The fourth-order valence-electron chi connectivity index (χ4n) is 4.49. The average Bonchev–Trinajstić information content (AvgIpc) is 3.49. The number of rotatable bonds is 9. The second-order valence-electron chi connectivity index (χ2n) is 8.68. The lowest BCUT2D eigenvalue weighted by Crippen LogP contribution is -2.35. The van der Waals surface area contributed by atoms with Crippen molar-refractivity contribution < 1.29 is 24.2 Å². The van der Waals surface area contributed by atoms with Gasteiger partial charge in [-0.25, -0.2) is 9.78 Å². The number of aliphatic carboxylic acids is 1. The van der Waals surface area contributed by atoms with Crippen LogP contribution in [0.2, 0.25) is 0 Å². The van der Waals surface area contributed by atoms with Gasteiger partial charge in [-0.3, -0.25) is 9.59 Å². The van der Waals surface area contributed by atoms with Crippen molar-refractivity contribution in [2.75, 3.05) is 13.2 Å². The Bertz CT molecular complexity index is 1220. The summed E-state index contributed by atoms with van der Waals surface area (Å²) in [4.78, 5) is 42.1. The molecule has 0 saturated heterocycles. The number of carbonyl (C=O) groups is 3. The van der Waals surface area contributed by atoms with Crippen molar-refractivity contribution in [2.24, 2.45) is 0 Å². The molecular formula is C26H25N3O5S. The lowest BCUT2D eigenvalue weighted by molar-refractivity contribution is -0.137. The molecule has 8 nitrogen and oxygen atoms in total. The molecule has 180 valence electrons. The van der Waals surface area contributed by atoms with Crippen molar-refractivity contribution in [3.63, 3.8) is 0 Å². The molecule has 0 spiro atoms. The van der Waals surface area contributed by atoms with E-state index in [0.29, 0.717) is 5.01 Å². The highest BCUT2D eigenvalue weighted by atomic mass is 32.1. The third-order valence-corrected chi connectivity index (χ3v) is 7.16. The second-order valence-corrected chi connectivity index (χ2v) is 9.62. The highest BCUT2D eigenvalue weighted by Gasteiger charge is 2.34. The standard InChI is InChI=1S/C26H25N3O5S/c30-24(31)11-12-29(16-9-10-16)25(32)22-15-35-23(28-22)13-27-26(33)34-14-21-19-7-3-1-5-17(19)18-6-2-4-8-20(18)21/h1-8,15-16,21H,9-14H2,(H,27,33)(H,30,31). The highest BCUT2D eigenvalue weighted by molar-refractivity contribution is 7.09. The first-order chi connectivity index (χ1) is 17.0. The first kappa shape index (κ1) is 23.0. The minimum atomic E-state index is -0.935. The van der Waals surface area contributed by atoms with Gasteiger partial charge >= 0.3 is 12.1 Å². The number of carboxylic acids is 1. The summed E-state index contributed by atoms with van der Waals surface area (Å²) in [6, 6.07) is 16.4. The molecule has 1 aromatic heterocycles. The van der Waals surface area contributed by atoms with Gasteiger partial charge in [0.15, 0.2) is 0 Å². The van der Waals surface area contributed by atoms with Crippen LogP contribution in [0.4, 0.5) is 4.79 Å². The molecule has 2 N–H and O–H groups in total. The van der Waals surface area contributed by atoms with E-state index in [1.807, 2.05) is 24.3 Å². The molecule has 2 aliphatic rings. The molecule has 1 fully saturated rings. The Balaban J connectivity index is 1.16. The topological polar surface area (TPSA) is 109 Å². The monoisotopic (exact) mass is 491 g/mol. The Morgan fingerprint density at radius 2 is 1.71 bits per heavy atom. The lowest BCUT2D eigenvalue weighted by Gasteiger charge is -2.20. The van der Waals surface area contributed by atoms with E-state index in [9.17, 15) is 14.4 Å². The Hall–Kier alpha value is -3.72. The first-order valence-electron chi connectivity index (χ1n) is 11.6. The molecule has 5 rings (SSSR count). The van der Waals surface area contributed by atoms with Crippen LogP contribution in [0, 0.1) is 0 Å². The van der Waals surface area contributed by atoms with Crippen molar-refractivity contribution in [2.45, 2.75) is 37.8 Å². The number of carboxylic acid groups (broad SMARTS) is 1. The average molecular weight is 492 g/mol. The van der Waals surface area contributed by atoms with E-state index < -0.39 is 12.1 Å². The van der Waals surface area contributed by atoms with Crippen molar-refractivity contribution in [3.8, 4) is 11.1 Å². The summed E-state index contributed by atoms with van der Waals surface area (Å²) in [6.45, 7) is 0.540. The minimum Gasteiger partial charge on any atom is -0.481 e. The van der Waals surface area contributed by atoms with Crippen LogP contribution in [0.1, 0.15) is 51.8 Å². The number of ether oxygens (including phenoxy) is 1. The summed E-state index contributed by atoms with van der Waals surface area (Å²) in [6.07, 6.45) is 1.12. The van der Waals surface area contributed by atoms with Gasteiger partial charge in [-0.05, 0) is 35.1 Å². The quantitative estimate of drug-likeness (QED) is 0.463. The normalized spacial score (nSPS) is 14.2. The Morgan fingerprint density at radius 3 is 2.34 bits per heavy atom. The number of hydrogen-bond acceptors (Lipinski definition) is 6. The summed E-state index contributed by atoms with van der Waals surface area (Å²) in [5, 5.41) is 13.9. The SMILES string of the molecule is O=C(O)CCN(C(=O)c1csc(CNC(=O)OCC2c3ccccc3-c3ccccc32)n1)C1CC1. The van der Waals surface area contributed by atoms with E-state index in [-0.39, 0.29) is 49.7 Å². The molecule has 2 aliphatic carbocycles. The molecule has 3 aromatic rings. The zero-order valence-corrected chi connectivity index (χ0v) is 19.8. The van der Waals surface area contributed by atoms with Crippen molar-refractivity contribution >= 4 is 29.3 Å². The Morgan fingerprint density at radius 1 is 1.06 bits per heavy atom. The van der Waals surface area contributed by atoms with E-state index >= 15 is 0 Å². The maximum absolute atomic E-state index is 12.8. The third kappa shape index (κ3) is 5.05. The zero-order chi connectivity index (χ0) is 24.4.